The fourth-order valence-corrected chi connectivity index (χ4v) is 2.43. The van der Waals surface area contributed by atoms with Crippen molar-refractivity contribution < 1.29 is 0 Å². The van der Waals surface area contributed by atoms with Gasteiger partial charge in [-0.3, -0.25) is 0 Å². The third-order valence-corrected chi connectivity index (χ3v) is 3.69. The van der Waals surface area contributed by atoms with Crippen LogP contribution >= 0.6 is 34.8 Å². The lowest BCUT2D eigenvalue weighted by molar-refractivity contribution is 0.547. The third-order valence-electron chi connectivity index (χ3n) is 3.12. The van der Waals surface area contributed by atoms with Gasteiger partial charge in [-0.1, -0.05) is 92.2 Å². The molecule has 0 atom stereocenters. The van der Waals surface area contributed by atoms with E-state index in [1.54, 1.807) is 0 Å². The molecule has 0 radical (unpaired) electrons. The van der Waals surface area contributed by atoms with Crippen LogP contribution in [0.3, 0.4) is 0 Å². The van der Waals surface area contributed by atoms with Crippen LogP contribution in [0.2, 0.25) is 0 Å². The number of unbranched alkanes of at least 4 members (excludes halogenated alkanes) is 10. The molecule has 0 aliphatic rings. The highest BCUT2D eigenvalue weighted by Crippen LogP contribution is 2.32. The quantitative estimate of drug-likeness (QED) is 0.202. The molecule has 0 fully saturated rings. The highest BCUT2D eigenvalue weighted by molar-refractivity contribution is 6.67. The van der Waals surface area contributed by atoms with E-state index in [0.29, 0.717) is 6.42 Å². The lowest BCUT2D eigenvalue weighted by Crippen LogP contribution is -2.00. The van der Waals surface area contributed by atoms with Crippen molar-refractivity contribution in [2.45, 2.75) is 80.8 Å². The van der Waals surface area contributed by atoms with Gasteiger partial charge in [0.1, 0.15) is 0 Å². The van der Waals surface area contributed by atoms with Crippen molar-refractivity contribution in [3.8, 4) is 0 Å². The normalized spacial score (nSPS) is 11.7. The van der Waals surface area contributed by atoms with E-state index >= 15 is 0 Å². The summed E-state index contributed by atoms with van der Waals surface area (Å²) in [7, 11) is 0. The van der Waals surface area contributed by atoms with Gasteiger partial charge in [-0.15, -0.1) is 6.58 Å². The first-order valence-corrected chi connectivity index (χ1v) is 8.37. The van der Waals surface area contributed by atoms with Crippen LogP contribution in [0.4, 0.5) is 0 Å². The number of hydrogen-bond acceptors (Lipinski definition) is 0. The van der Waals surface area contributed by atoms with Crippen molar-refractivity contribution in [3.63, 3.8) is 0 Å². The van der Waals surface area contributed by atoms with Crippen molar-refractivity contribution in [1.29, 1.82) is 0 Å². The molecule has 0 rings (SSSR count). The molecule has 0 bridgehead atoms. The fourth-order valence-electron chi connectivity index (χ4n) is 2.03. The molecule has 0 aromatic rings. The van der Waals surface area contributed by atoms with Gasteiger partial charge in [0.05, 0.1) is 0 Å². The Bertz CT molecular complexity index is 185. The lowest BCUT2D eigenvalue weighted by atomic mass is 10.1. The molecular weight excluding hydrogens is 287 g/mol. The van der Waals surface area contributed by atoms with Crippen LogP contribution in [-0.2, 0) is 0 Å². The smallest absolute Gasteiger partial charge is 0.103 e. The maximum absolute atomic E-state index is 5.69. The summed E-state index contributed by atoms with van der Waals surface area (Å²) < 4.78 is -1.05. The van der Waals surface area contributed by atoms with Gasteiger partial charge in [-0.25, -0.2) is 0 Å². The Labute approximate surface area is 128 Å². The summed E-state index contributed by atoms with van der Waals surface area (Å²) in [5.74, 6) is 0. The predicted octanol–water partition coefficient (Wildman–Crippen LogP) is 7.22. The van der Waals surface area contributed by atoms with Crippen LogP contribution in [0.1, 0.15) is 77.0 Å². The zero-order valence-corrected chi connectivity index (χ0v) is 13.7. The van der Waals surface area contributed by atoms with Gasteiger partial charge in [0.2, 0.25) is 0 Å². The van der Waals surface area contributed by atoms with E-state index in [1.165, 1.54) is 64.2 Å². The minimum absolute atomic E-state index is 0.682. The molecule has 0 aliphatic carbocycles. The average molecular weight is 314 g/mol. The van der Waals surface area contributed by atoms with E-state index < -0.39 is 3.79 Å². The number of rotatable bonds is 12. The zero-order valence-electron chi connectivity index (χ0n) is 11.4. The molecule has 18 heavy (non-hydrogen) atoms. The molecule has 3 heteroatoms. The highest BCUT2D eigenvalue weighted by atomic mass is 35.6. The Morgan fingerprint density at radius 1 is 0.667 bits per heavy atom. The molecule has 0 aromatic heterocycles. The fraction of sp³-hybridized carbons (Fsp3) is 0.867. The monoisotopic (exact) mass is 312 g/mol. The van der Waals surface area contributed by atoms with Crippen molar-refractivity contribution in [2.75, 3.05) is 0 Å². The second-order valence-electron chi connectivity index (χ2n) is 4.98. The van der Waals surface area contributed by atoms with Crippen molar-refractivity contribution >= 4 is 34.8 Å². The Kier molecular flexibility index (Phi) is 13.1. The summed E-state index contributed by atoms with van der Waals surface area (Å²) in [6.07, 6.45) is 16.8. The van der Waals surface area contributed by atoms with E-state index in [2.05, 4.69) is 6.58 Å². The molecule has 0 heterocycles. The van der Waals surface area contributed by atoms with Crippen LogP contribution in [0, 0.1) is 0 Å². The Morgan fingerprint density at radius 2 is 1.06 bits per heavy atom. The minimum atomic E-state index is -1.05. The number of allylic oxidation sites excluding steroid dienone is 1. The molecule has 0 saturated heterocycles. The first-order valence-electron chi connectivity index (χ1n) is 7.24. The minimum Gasteiger partial charge on any atom is -0.103 e. The number of alkyl halides is 3. The second kappa shape index (κ2) is 12.6. The molecular formula is C15H27Cl3. The van der Waals surface area contributed by atoms with Gasteiger partial charge in [-0.2, -0.15) is 0 Å². The Balaban J connectivity index is 3.01. The van der Waals surface area contributed by atoms with E-state index in [1.807, 2.05) is 6.08 Å². The molecule has 108 valence electrons. The average Bonchev–Trinajstić information content (AvgIpc) is 2.29. The topological polar surface area (TPSA) is 0 Å². The third kappa shape index (κ3) is 16.6. The summed E-state index contributed by atoms with van der Waals surface area (Å²) >= 11 is 17.1. The van der Waals surface area contributed by atoms with Gasteiger partial charge in [0.25, 0.3) is 0 Å². The molecule has 0 aliphatic heterocycles. The molecule has 0 amide bonds. The molecule has 0 aromatic carbocycles. The summed E-state index contributed by atoms with van der Waals surface area (Å²) in [4.78, 5) is 0. The Hall–Kier alpha value is 0.610. The van der Waals surface area contributed by atoms with Gasteiger partial charge in [0, 0.05) is 0 Å². The van der Waals surface area contributed by atoms with E-state index in [0.717, 1.165) is 6.42 Å². The molecule has 0 unspecified atom stereocenters. The van der Waals surface area contributed by atoms with E-state index in [9.17, 15) is 0 Å². The first kappa shape index (κ1) is 18.6. The maximum Gasteiger partial charge on any atom is 0.190 e. The van der Waals surface area contributed by atoms with E-state index in [-0.39, 0.29) is 0 Å². The van der Waals surface area contributed by atoms with Crippen LogP contribution < -0.4 is 0 Å². The van der Waals surface area contributed by atoms with Crippen LogP contribution in [0.25, 0.3) is 0 Å². The van der Waals surface area contributed by atoms with Gasteiger partial charge >= 0.3 is 0 Å². The number of hydrogen-bond donors (Lipinski definition) is 0. The Morgan fingerprint density at radius 3 is 1.44 bits per heavy atom. The molecule has 0 nitrogen and oxygen atoms in total. The molecule has 0 saturated carbocycles. The SMILES string of the molecule is C=CCCCCCCCCCCCCC(Cl)(Cl)Cl. The van der Waals surface area contributed by atoms with Crippen molar-refractivity contribution in [2.24, 2.45) is 0 Å². The standard InChI is InChI=1S/C15H27Cl3/c1-2-3-4-5-6-7-8-9-10-11-12-13-14-15(16,17)18/h2H,1,3-14H2. The van der Waals surface area contributed by atoms with Gasteiger partial charge < -0.3 is 0 Å². The summed E-state index contributed by atoms with van der Waals surface area (Å²) in [5, 5.41) is 0. The number of halogens is 3. The molecule has 0 N–H and O–H groups in total. The summed E-state index contributed by atoms with van der Waals surface area (Å²) in [6, 6.07) is 0. The second-order valence-corrected chi connectivity index (χ2v) is 7.49. The summed E-state index contributed by atoms with van der Waals surface area (Å²) in [6.45, 7) is 3.73. The maximum atomic E-state index is 5.69. The first-order chi connectivity index (χ1) is 8.56. The largest absolute Gasteiger partial charge is 0.190 e. The van der Waals surface area contributed by atoms with Crippen molar-refractivity contribution in [3.05, 3.63) is 12.7 Å². The van der Waals surface area contributed by atoms with Crippen LogP contribution in [0.5, 0.6) is 0 Å². The van der Waals surface area contributed by atoms with E-state index in [4.69, 9.17) is 34.8 Å². The summed E-state index contributed by atoms with van der Waals surface area (Å²) in [5.41, 5.74) is 0. The molecule has 0 spiro atoms. The lowest BCUT2D eigenvalue weighted by Gasteiger charge is -2.09. The van der Waals surface area contributed by atoms with Crippen LogP contribution in [-0.4, -0.2) is 3.79 Å². The predicted molar refractivity (Wildman–Crippen MR) is 85.9 cm³/mol. The zero-order chi connectivity index (χ0) is 13.7. The van der Waals surface area contributed by atoms with Gasteiger partial charge in [-0.05, 0) is 25.7 Å². The highest BCUT2D eigenvalue weighted by Gasteiger charge is 2.17. The van der Waals surface area contributed by atoms with Crippen LogP contribution in [0.15, 0.2) is 12.7 Å². The van der Waals surface area contributed by atoms with Crippen molar-refractivity contribution in [1.82, 2.24) is 0 Å². The van der Waals surface area contributed by atoms with Gasteiger partial charge in [0.15, 0.2) is 3.79 Å².